The number of fused-ring (bicyclic) bond motifs is 1. The molecule has 1 aliphatic heterocycles. The summed E-state index contributed by atoms with van der Waals surface area (Å²) in [6, 6.07) is 5.58. The summed E-state index contributed by atoms with van der Waals surface area (Å²) < 4.78 is 1.76. The molecule has 0 radical (unpaired) electrons. The molecule has 0 aliphatic carbocycles. The maximum absolute atomic E-state index is 12.5. The lowest BCUT2D eigenvalue weighted by Gasteiger charge is -2.28. The number of pyridine rings is 1. The second-order valence-electron chi connectivity index (χ2n) is 6.20. The highest BCUT2D eigenvalue weighted by Gasteiger charge is 2.19. The van der Waals surface area contributed by atoms with Crippen molar-refractivity contribution < 1.29 is 4.79 Å². The second-order valence-corrected chi connectivity index (χ2v) is 7.43. The highest BCUT2D eigenvalue weighted by Crippen LogP contribution is 2.24. The fourth-order valence-electron chi connectivity index (χ4n) is 2.98. The fourth-order valence-corrected chi connectivity index (χ4v) is 3.89. The van der Waals surface area contributed by atoms with Crippen LogP contribution >= 0.6 is 11.8 Å². The minimum Gasteiger partial charge on any atom is -0.353 e. The van der Waals surface area contributed by atoms with E-state index in [1.165, 1.54) is 0 Å². The largest absolute Gasteiger partial charge is 0.353 e. The van der Waals surface area contributed by atoms with Gasteiger partial charge in [-0.1, -0.05) is 0 Å². The number of hydrogen-bond donors (Lipinski definition) is 1. The lowest BCUT2D eigenvalue weighted by molar-refractivity contribution is 0.0945. The predicted molar refractivity (Wildman–Crippen MR) is 103 cm³/mol. The number of thioether (sulfide) groups is 1. The number of rotatable bonds is 4. The van der Waals surface area contributed by atoms with Gasteiger partial charge < -0.3 is 10.2 Å². The van der Waals surface area contributed by atoms with Crippen LogP contribution in [-0.2, 0) is 6.54 Å². The Labute approximate surface area is 155 Å². The molecule has 0 unspecified atom stereocenters. The molecule has 0 bridgehead atoms. The summed E-state index contributed by atoms with van der Waals surface area (Å²) in [5, 5.41) is 7.37. The van der Waals surface area contributed by atoms with Crippen molar-refractivity contribution in [3.63, 3.8) is 0 Å². The molecule has 4 heterocycles. The Hall–Kier alpha value is -2.61. The topological polar surface area (TPSA) is 75.4 Å². The number of carbonyl (C=O) groups excluding carboxylic acids is 1. The molecule has 1 fully saturated rings. The van der Waals surface area contributed by atoms with Crippen LogP contribution in [0.4, 0.5) is 5.82 Å². The number of anilines is 1. The molecular weight excluding hydrogens is 348 g/mol. The number of aromatic nitrogens is 4. The van der Waals surface area contributed by atoms with E-state index in [0.29, 0.717) is 12.2 Å². The zero-order valence-corrected chi connectivity index (χ0v) is 15.4. The number of aryl methyl sites for hydroxylation is 1. The fraction of sp³-hybridized carbons (Fsp3) is 0.333. The summed E-state index contributed by atoms with van der Waals surface area (Å²) in [7, 11) is 0. The summed E-state index contributed by atoms with van der Waals surface area (Å²) in [4.78, 5) is 23.5. The molecular formula is C18H20N6OS. The first-order valence-corrected chi connectivity index (χ1v) is 9.73. The van der Waals surface area contributed by atoms with Crippen LogP contribution in [0.25, 0.3) is 5.52 Å². The van der Waals surface area contributed by atoms with E-state index in [2.05, 4.69) is 20.3 Å². The van der Waals surface area contributed by atoms with Crippen molar-refractivity contribution in [1.29, 1.82) is 0 Å². The Morgan fingerprint density at radius 3 is 2.81 bits per heavy atom. The molecule has 1 aliphatic rings. The first-order valence-electron chi connectivity index (χ1n) is 8.57. The van der Waals surface area contributed by atoms with Gasteiger partial charge in [0.1, 0.15) is 5.52 Å². The molecule has 1 saturated heterocycles. The Morgan fingerprint density at radius 1 is 1.27 bits per heavy atom. The van der Waals surface area contributed by atoms with Gasteiger partial charge in [-0.3, -0.25) is 9.78 Å². The molecule has 7 nitrogen and oxygen atoms in total. The van der Waals surface area contributed by atoms with Gasteiger partial charge in [-0.25, -0.2) is 9.50 Å². The zero-order valence-electron chi connectivity index (χ0n) is 14.6. The predicted octanol–water partition coefficient (Wildman–Crippen LogP) is 1.92. The van der Waals surface area contributed by atoms with Gasteiger partial charge in [0.15, 0.2) is 11.5 Å². The first kappa shape index (κ1) is 16.8. The van der Waals surface area contributed by atoms with E-state index in [0.717, 1.165) is 47.2 Å². The third-order valence-corrected chi connectivity index (χ3v) is 5.24. The van der Waals surface area contributed by atoms with E-state index >= 15 is 0 Å². The molecule has 26 heavy (non-hydrogen) atoms. The second kappa shape index (κ2) is 7.33. The standard InChI is InChI=1S/C18H20N6OS/c1-13-12-24-16(17(21-13)23-6-8-26-9-7-23)10-15(22-24)18(25)20-11-14-2-4-19-5-3-14/h2-5,10,12H,6-9,11H2,1H3,(H,20,25). The molecule has 8 heteroatoms. The average molecular weight is 368 g/mol. The molecule has 0 spiro atoms. The summed E-state index contributed by atoms with van der Waals surface area (Å²) >= 11 is 1.96. The van der Waals surface area contributed by atoms with Crippen LogP contribution in [0.15, 0.2) is 36.8 Å². The van der Waals surface area contributed by atoms with E-state index in [-0.39, 0.29) is 5.91 Å². The molecule has 134 valence electrons. The minimum atomic E-state index is -0.191. The van der Waals surface area contributed by atoms with Gasteiger partial charge >= 0.3 is 0 Å². The van der Waals surface area contributed by atoms with Crippen LogP contribution in [0, 0.1) is 6.92 Å². The van der Waals surface area contributed by atoms with E-state index in [4.69, 9.17) is 4.98 Å². The van der Waals surface area contributed by atoms with Crippen molar-refractivity contribution >= 4 is 29.0 Å². The Morgan fingerprint density at radius 2 is 2.04 bits per heavy atom. The van der Waals surface area contributed by atoms with Crippen LogP contribution in [0.2, 0.25) is 0 Å². The van der Waals surface area contributed by atoms with Crippen molar-refractivity contribution in [2.24, 2.45) is 0 Å². The molecule has 0 atom stereocenters. The van der Waals surface area contributed by atoms with Crippen LogP contribution in [0.5, 0.6) is 0 Å². The van der Waals surface area contributed by atoms with Crippen molar-refractivity contribution in [2.45, 2.75) is 13.5 Å². The number of nitrogens with one attached hydrogen (secondary N) is 1. The van der Waals surface area contributed by atoms with Crippen molar-refractivity contribution in [1.82, 2.24) is 24.9 Å². The Bertz CT molecular complexity index is 920. The van der Waals surface area contributed by atoms with Gasteiger partial charge in [0.2, 0.25) is 0 Å². The quantitative estimate of drug-likeness (QED) is 0.758. The maximum atomic E-state index is 12.5. The minimum absolute atomic E-state index is 0.191. The monoisotopic (exact) mass is 368 g/mol. The Kier molecular flexibility index (Phi) is 4.75. The molecule has 0 saturated carbocycles. The number of nitrogens with zero attached hydrogens (tertiary/aromatic N) is 5. The first-order chi connectivity index (χ1) is 12.7. The van der Waals surface area contributed by atoms with Crippen LogP contribution in [0.1, 0.15) is 21.7 Å². The van der Waals surface area contributed by atoms with Crippen molar-refractivity contribution in [2.75, 3.05) is 29.5 Å². The van der Waals surface area contributed by atoms with Crippen LogP contribution in [-0.4, -0.2) is 50.1 Å². The van der Waals surface area contributed by atoms with Crippen LogP contribution < -0.4 is 10.2 Å². The lowest BCUT2D eigenvalue weighted by atomic mass is 10.2. The average Bonchev–Trinajstić information content (AvgIpc) is 3.11. The highest BCUT2D eigenvalue weighted by molar-refractivity contribution is 7.99. The third kappa shape index (κ3) is 3.50. The molecule has 4 rings (SSSR count). The molecule has 1 N–H and O–H groups in total. The van der Waals surface area contributed by atoms with Crippen molar-refractivity contribution in [3.8, 4) is 0 Å². The van der Waals surface area contributed by atoms with E-state index in [1.54, 1.807) is 16.9 Å². The van der Waals surface area contributed by atoms with E-state index in [1.807, 2.05) is 43.1 Å². The van der Waals surface area contributed by atoms with Gasteiger partial charge in [-0.2, -0.15) is 16.9 Å². The van der Waals surface area contributed by atoms with Crippen molar-refractivity contribution in [3.05, 3.63) is 53.7 Å². The molecule has 0 aromatic carbocycles. The lowest BCUT2D eigenvalue weighted by Crippen LogP contribution is -2.33. The maximum Gasteiger partial charge on any atom is 0.272 e. The Balaban J connectivity index is 1.59. The summed E-state index contributed by atoms with van der Waals surface area (Å²) in [5.74, 6) is 2.90. The smallest absolute Gasteiger partial charge is 0.272 e. The van der Waals surface area contributed by atoms with Crippen LogP contribution in [0.3, 0.4) is 0 Å². The number of hydrogen-bond acceptors (Lipinski definition) is 6. The van der Waals surface area contributed by atoms with Gasteiger partial charge in [-0.05, 0) is 24.6 Å². The normalized spacial score (nSPS) is 14.6. The van der Waals surface area contributed by atoms with Gasteiger partial charge in [0.05, 0.1) is 11.9 Å². The van der Waals surface area contributed by atoms with Gasteiger partial charge in [-0.15, -0.1) is 0 Å². The SMILES string of the molecule is Cc1cn2nc(C(=O)NCc3ccncc3)cc2c(N2CCSCC2)n1. The molecule has 3 aromatic heterocycles. The number of carbonyl (C=O) groups is 1. The summed E-state index contributed by atoms with van der Waals surface area (Å²) in [6.07, 6.45) is 5.28. The number of amides is 1. The van der Waals surface area contributed by atoms with E-state index in [9.17, 15) is 4.79 Å². The van der Waals surface area contributed by atoms with Gasteiger partial charge in [0.25, 0.3) is 5.91 Å². The van der Waals surface area contributed by atoms with Gasteiger partial charge in [0, 0.05) is 49.6 Å². The molecule has 1 amide bonds. The third-order valence-electron chi connectivity index (χ3n) is 4.30. The summed E-state index contributed by atoms with van der Waals surface area (Å²) in [6.45, 7) is 4.33. The molecule has 3 aromatic rings. The highest BCUT2D eigenvalue weighted by atomic mass is 32.2. The zero-order chi connectivity index (χ0) is 17.9. The summed E-state index contributed by atoms with van der Waals surface area (Å²) in [5.41, 5.74) is 3.16. The van der Waals surface area contributed by atoms with E-state index < -0.39 is 0 Å².